The Bertz CT molecular complexity index is 2560. The molecule has 18 heteroatoms. The predicted molar refractivity (Wildman–Crippen MR) is 200 cm³/mol. The zero-order valence-corrected chi connectivity index (χ0v) is 27.7. The lowest BCUT2D eigenvalue weighted by Crippen LogP contribution is -2.01. The maximum atomic E-state index is 12.4. The van der Waals surface area contributed by atoms with Crippen LogP contribution in [0.15, 0.2) is 149 Å². The van der Waals surface area contributed by atoms with Gasteiger partial charge >= 0.3 is 0 Å². The van der Waals surface area contributed by atoms with E-state index in [1.54, 1.807) is 84.9 Å². The number of benzene rings is 6. The summed E-state index contributed by atoms with van der Waals surface area (Å²) in [6.07, 6.45) is 0. The number of nitrogen functional groups attached to an aromatic ring is 5. The highest BCUT2D eigenvalue weighted by Crippen LogP contribution is 2.45. The van der Waals surface area contributed by atoms with Gasteiger partial charge in [-0.1, -0.05) is 6.07 Å². The van der Waals surface area contributed by atoms with Gasteiger partial charge < -0.3 is 33.8 Å². The quantitative estimate of drug-likeness (QED) is 0.0425. The minimum atomic E-state index is -4.82. The molecular weight excluding hydrogens is 687 g/mol. The summed E-state index contributed by atoms with van der Waals surface area (Å²) in [5.74, 6) is -0.403. The third kappa shape index (κ3) is 7.77. The summed E-state index contributed by atoms with van der Waals surface area (Å²) in [4.78, 5) is -0.613. The van der Waals surface area contributed by atoms with Crippen LogP contribution in [0.4, 0.5) is 73.9 Å². The Hall–Kier alpha value is -7.31. The lowest BCUT2D eigenvalue weighted by atomic mass is 10.1. The Labute approximate surface area is 295 Å². The number of hydrogen-bond acceptors (Lipinski definition) is 16. The maximum Gasteiger partial charge on any atom is 0.296 e. The molecule has 6 rings (SSSR count). The number of phenols is 1. The summed E-state index contributed by atoms with van der Waals surface area (Å²) < 4.78 is 34.7. The molecule has 12 N–H and O–H groups in total. The molecule has 0 bridgehead atoms. The van der Waals surface area contributed by atoms with Crippen LogP contribution in [-0.2, 0) is 10.1 Å². The van der Waals surface area contributed by atoms with Crippen LogP contribution in [0.5, 0.6) is 5.75 Å². The first-order valence-corrected chi connectivity index (χ1v) is 16.5. The van der Waals surface area contributed by atoms with Gasteiger partial charge in [-0.05, 0) is 102 Å². The average molecular weight is 716 g/mol. The Morgan fingerprint density at radius 3 is 1.31 bits per heavy atom. The molecule has 0 aliphatic carbocycles. The van der Waals surface area contributed by atoms with Crippen LogP contribution in [0.2, 0.25) is 0 Å². The molecule has 0 saturated carbocycles. The summed E-state index contributed by atoms with van der Waals surface area (Å²) in [5, 5.41) is 44.4. The molecular formula is C34H29N13O4S. The summed E-state index contributed by atoms with van der Waals surface area (Å²) in [6, 6.07) is 26.7. The highest BCUT2D eigenvalue weighted by atomic mass is 32.2. The van der Waals surface area contributed by atoms with Crippen molar-refractivity contribution in [2.75, 3.05) is 28.7 Å². The molecule has 0 unspecified atom stereocenters. The van der Waals surface area contributed by atoms with E-state index in [1.807, 2.05) is 0 Å². The first-order chi connectivity index (χ1) is 24.9. The number of fused-ring (bicyclic) bond motifs is 1. The van der Waals surface area contributed by atoms with Gasteiger partial charge in [-0.15, -0.1) is 20.5 Å². The number of aromatic hydroxyl groups is 1. The number of hydrogen-bond donors (Lipinski definition) is 7. The van der Waals surface area contributed by atoms with Crippen molar-refractivity contribution in [1.29, 1.82) is 0 Å². The van der Waals surface area contributed by atoms with Gasteiger partial charge in [0.25, 0.3) is 10.1 Å². The highest BCUT2D eigenvalue weighted by Gasteiger charge is 2.23. The van der Waals surface area contributed by atoms with E-state index in [1.165, 1.54) is 12.1 Å². The molecule has 0 atom stereocenters. The molecule has 0 fully saturated rings. The average Bonchev–Trinajstić information content (AvgIpc) is 3.10. The Morgan fingerprint density at radius 2 is 0.885 bits per heavy atom. The van der Waals surface area contributed by atoms with E-state index in [-0.39, 0.29) is 22.1 Å². The number of azo groups is 4. The lowest BCUT2D eigenvalue weighted by Gasteiger charge is -2.12. The topological polar surface area (TPSA) is 304 Å². The molecule has 17 nitrogen and oxygen atoms in total. The fraction of sp³-hybridized carbons (Fsp3) is 0. The van der Waals surface area contributed by atoms with Gasteiger partial charge in [0, 0.05) is 11.4 Å². The summed E-state index contributed by atoms with van der Waals surface area (Å²) in [6.45, 7) is 0. The molecule has 52 heavy (non-hydrogen) atoms. The van der Waals surface area contributed by atoms with E-state index in [0.717, 1.165) is 6.07 Å². The van der Waals surface area contributed by atoms with Crippen molar-refractivity contribution in [3.05, 3.63) is 103 Å². The van der Waals surface area contributed by atoms with Crippen LogP contribution in [0.1, 0.15) is 0 Å². The minimum absolute atomic E-state index is 0.0215. The van der Waals surface area contributed by atoms with Crippen LogP contribution in [0, 0.1) is 0 Å². The Kier molecular flexibility index (Phi) is 9.48. The van der Waals surface area contributed by atoms with Crippen molar-refractivity contribution < 1.29 is 18.1 Å². The highest BCUT2D eigenvalue weighted by molar-refractivity contribution is 7.86. The maximum absolute atomic E-state index is 12.4. The first-order valence-electron chi connectivity index (χ1n) is 15.1. The molecule has 6 aromatic carbocycles. The molecule has 0 amide bonds. The van der Waals surface area contributed by atoms with Crippen molar-refractivity contribution in [2.24, 2.45) is 40.9 Å². The van der Waals surface area contributed by atoms with E-state index < -0.39 is 26.5 Å². The summed E-state index contributed by atoms with van der Waals surface area (Å²) in [7, 11) is -4.82. The molecule has 0 aliphatic rings. The SMILES string of the molecule is Nc1ccc(/N=N/c2ccc(N=Nc3ccc4cc(S(=O)(=O)O)c(N=Nc5ccc(/N=N/c6ccc(N)cc6N)cc5)c(N)c4c3O)cc2)c(N)c1. The van der Waals surface area contributed by atoms with Crippen molar-refractivity contribution >= 4 is 94.8 Å². The molecule has 0 aliphatic heterocycles. The number of phenolic OH excluding ortho intramolecular Hbond substituents is 1. The van der Waals surface area contributed by atoms with E-state index in [0.29, 0.717) is 56.9 Å². The second kappa shape index (κ2) is 14.3. The second-order valence-electron chi connectivity index (χ2n) is 11.1. The van der Waals surface area contributed by atoms with E-state index in [2.05, 4.69) is 40.9 Å². The van der Waals surface area contributed by atoms with Crippen molar-refractivity contribution in [3.8, 4) is 5.75 Å². The molecule has 260 valence electrons. The van der Waals surface area contributed by atoms with E-state index in [9.17, 15) is 18.1 Å². The summed E-state index contributed by atoms with van der Waals surface area (Å²) in [5.41, 5.74) is 33.4. The van der Waals surface area contributed by atoms with Crippen molar-refractivity contribution in [2.45, 2.75) is 4.90 Å². The molecule has 0 aromatic heterocycles. The third-order valence-electron chi connectivity index (χ3n) is 7.40. The fourth-order valence-corrected chi connectivity index (χ4v) is 5.45. The van der Waals surface area contributed by atoms with Gasteiger partial charge in [0.2, 0.25) is 0 Å². The van der Waals surface area contributed by atoms with Gasteiger partial charge in [0.1, 0.15) is 27.6 Å². The number of rotatable bonds is 9. The number of nitrogens with two attached hydrogens (primary N) is 5. The minimum Gasteiger partial charge on any atom is -0.505 e. The van der Waals surface area contributed by atoms with E-state index in [4.69, 9.17) is 28.7 Å². The van der Waals surface area contributed by atoms with Crippen LogP contribution in [-0.4, -0.2) is 18.1 Å². The van der Waals surface area contributed by atoms with Gasteiger partial charge in [0.05, 0.1) is 45.2 Å². The monoisotopic (exact) mass is 715 g/mol. The summed E-state index contributed by atoms with van der Waals surface area (Å²) >= 11 is 0. The normalized spacial score (nSPS) is 12.2. The van der Waals surface area contributed by atoms with E-state index >= 15 is 0 Å². The fourth-order valence-electron chi connectivity index (χ4n) is 4.78. The van der Waals surface area contributed by atoms with Crippen LogP contribution >= 0.6 is 0 Å². The van der Waals surface area contributed by atoms with Crippen LogP contribution in [0.3, 0.4) is 0 Å². The molecule has 0 saturated heterocycles. The molecule has 6 aromatic rings. The van der Waals surface area contributed by atoms with Crippen molar-refractivity contribution in [1.82, 2.24) is 0 Å². The van der Waals surface area contributed by atoms with Crippen LogP contribution < -0.4 is 28.7 Å². The van der Waals surface area contributed by atoms with Crippen molar-refractivity contribution in [3.63, 3.8) is 0 Å². The first kappa shape index (κ1) is 34.5. The smallest absolute Gasteiger partial charge is 0.296 e. The molecule has 0 spiro atoms. The largest absolute Gasteiger partial charge is 0.505 e. The van der Waals surface area contributed by atoms with Gasteiger partial charge in [0.15, 0.2) is 5.75 Å². The Morgan fingerprint density at radius 1 is 0.481 bits per heavy atom. The number of anilines is 5. The van der Waals surface area contributed by atoms with Gasteiger partial charge in [-0.25, -0.2) is 0 Å². The standard InChI is InChI=1S/C34H29N13O4S/c35-19-2-13-27(25(37)16-19)44-40-21-4-6-23(7-5-21)42-46-29-12-1-18-15-30(52(49,50)51)33(32(39)31(18)34(29)48)47-43-24-10-8-22(9-11-24)41-45-28-14-3-20(36)17-26(28)38/h1-17,48H,35-39H2,(H,49,50,51)/b44-40+,45-41+,46-42?,47-43?. The van der Waals surface area contributed by atoms with Gasteiger partial charge in [-0.3, -0.25) is 4.55 Å². The van der Waals surface area contributed by atoms with Gasteiger partial charge in [-0.2, -0.15) is 28.9 Å². The molecule has 0 radical (unpaired) electrons. The third-order valence-corrected chi connectivity index (χ3v) is 8.27. The lowest BCUT2D eigenvalue weighted by molar-refractivity contribution is 0.481. The number of nitrogens with zero attached hydrogens (tertiary/aromatic N) is 8. The Balaban J connectivity index is 1.25. The zero-order chi connectivity index (χ0) is 37.0. The predicted octanol–water partition coefficient (Wildman–Crippen LogP) is 9.36. The molecule has 0 heterocycles. The second-order valence-corrected chi connectivity index (χ2v) is 12.5. The van der Waals surface area contributed by atoms with Crippen LogP contribution in [0.25, 0.3) is 10.8 Å². The zero-order valence-electron chi connectivity index (χ0n) is 26.9.